The summed E-state index contributed by atoms with van der Waals surface area (Å²) in [6.45, 7) is 24.5. The van der Waals surface area contributed by atoms with Crippen LogP contribution in [0.1, 0.15) is 84.6 Å². The summed E-state index contributed by atoms with van der Waals surface area (Å²) in [5.74, 6) is 1.26. The van der Waals surface area contributed by atoms with E-state index in [4.69, 9.17) is 13.9 Å². The fourth-order valence-corrected chi connectivity index (χ4v) is 5.74. The number of azide groups is 1. The highest BCUT2D eigenvalue weighted by Crippen LogP contribution is 2.43. The molecule has 0 saturated carbocycles. The van der Waals surface area contributed by atoms with E-state index in [1.165, 1.54) is 11.1 Å². The number of nitrogens with zero attached hydrogens (tertiary/aromatic N) is 3. The molecular weight excluding hydrogens is 468 g/mol. The summed E-state index contributed by atoms with van der Waals surface area (Å²) in [4.78, 5) is 3.19. The van der Waals surface area contributed by atoms with Crippen molar-refractivity contribution in [1.29, 1.82) is 0 Å². The molecule has 0 aromatic heterocycles. The van der Waals surface area contributed by atoms with Gasteiger partial charge >= 0.3 is 0 Å². The van der Waals surface area contributed by atoms with Crippen molar-refractivity contribution in [2.75, 3.05) is 13.2 Å². The number of fused-ring (bicyclic) bond motifs is 1. The zero-order chi connectivity index (χ0) is 27.1. The molecule has 2 rings (SSSR count). The van der Waals surface area contributed by atoms with E-state index >= 15 is 0 Å². The minimum atomic E-state index is -2.10. The second-order valence-electron chi connectivity index (χ2n) is 12.1. The van der Waals surface area contributed by atoms with E-state index in [-0.39, 0.29) is 35.4 Å². The number of hydrogen-bond donors (Lipinski definition) is 1. The maximum absolute atomic E-state index is 9.34. The molecule has 36 heavy (non-hydrogen) atoms. The molecule has 8 heteroatoms. The van der Waals surface area contributed by atoms with Crippen LogP contribution in [-0.2, 0) is 9.16 Å². The predicted octanol–water partition coefficient (Wildman–Crippen LogP) is 7.87. The summed E-state index contributed by atoms with van der Waals surface area (Å²) >= 11 is 0. The van der Waals surface area contributed by atoms with E-state index in [2.05, 4.69) is 81.8 Å². The van der Waals surface area contributed by atoms with E-state index in [9.17, 15) is 5.53 Å². The highest BCUT2D eigenvalue weighted by atomic mass is 28.4. The molecule has 202 valence electrons. The monoisotopic (exact) mass is 516 g/mol. The summed E-state index contributed by atoms with van der Waals surface area (Å²) in [7, 11) is -2.10. The maximum Gasteiger partial charge on any atom is 0.192 e. The van der Waals surface area contributed by atoms with Gasteiger partial charge in [0.2, 0.25) is 0 Å². The average Bonchev–Trinajstić information content (AvgIpc) is 3.10. The van der Waals surface area contributed by atoms with Gasteiger partial charge in [0.1, 0.15) is 5.75 Å². The van der Waals surface area contributed by atoms with E-state index in [1.807, 2.05) is 19.9 Å². The van der Waals surface area contributed by atoms with Crippen molar-refractivity contribution in [3.8, 4) is 5.75 Å². The van der Waals surface area contributed by atoms with Crippen LogP contribution in [0.4, 0.5) is 0 Å². The first-order valence-corrected chi connectivity index (χ1v) is 16.2. The van der Waals surface area contributed by atoms with Gasteiger partial charge < -0.3 is 19.2 Å². The molecule has 0 unspecified atom stereocenters. The topological polar surface area (TPSA) is 88.5 Å². The molecule has 0 bridgehead atoms. The van der Waals surface area contributed by atoms with Gasteiger partial charge in [-0.25, -0.2) is 0 Å². The molecule has 1 aromatic carbocycles. The number of nitrogens with one attached hydrogen (secondary N) is 1. The van der Waals surface area contributed by atoms with Crippen LogP contribution in [0.15, 0.2) is 36.0 Å². The lowest BCUT2D eigenvalue weighted by atomic mass is 9.99. The van der Waals surface area contributed by atoms with Crippen LogP contribution in [0.25, 0.3) is 10.4 Å². The summed E-state index contributed by atoms with van der Waals surface area (Å²) < 4.78 is 19.0. The van der Waals surface area contributed by atoms with Crippen LogP contribution in [0.5, 0.6) is 5.75 Å². The Morgan fingerprint density at radius 3 is 2.47 bits per heavy atom. The maximum atomic E-state index is 9.34. The average molecular weight is 517 g/mol. The first-order valence-electron chi connectivity index (χ1n) is 13.3. The molecular formula is C28H48N4O3Si. The first kappa shape index (κ1) is 30.4. The standard InChI is InChI=1S/C28H48N4O3Si/c1-11-14-33-26-17-24(23-16-21(34-20(4)5)12-13-22(23)26)30-18-27(25(31-32-29)15-19(2)3)35-36(9,10)28(6,7)8/h11-13,16,19-20,24-27,30H,1,14-15,17-18H2,2-10H3/t24-,25-,26+,27+/m0/s1. The van der Waals surface area contributed by atoms with Crippen LogP contribution >= 0.6 is 0 Å². The Kier molecular flexibility index (Phi) is 11.1. The predicted molar refractivity (Wildman–Crippen MR) is 151 cm³/mol. The highest BCUT2D eigenvalue weighted by Gasteiger charge is 2.41. The summed E-state index contributed by atoms with van der Waals surface area (Å²) in [6, 6.07) is 6.12. The number of ether oxygens (including phenoxy) is 2. The Morgan fingerprint density at radius 2 is 1.92 bits per heavy atom. The van der Waals surface area contributed by atoms with Crippen molar-refractivity contribution >= 4 is 8.32 Å². The van der Waals surface area contributed by atoms with E-state index in [1.54, 1.807) is 6.08 Å². The highest BCUT2D eigenvalue weighted by molar-refractivity contribution is 6.74. The van der Waals surface area contributed by atoms with Gasteiger partial charge in [-0.15, -0.1) is 6.58 Å². The molecule has 0 spiro atoms. The van der Waals surface area contributed by atoms with Crippen molar-refractivity contribution in [3.05, 3.63) is 52.4 Å². The van der Waals surface area contributed by atoms with Crippen LogP contribution in [0, 0.1) is 5.92 Å². The van der Waals surface area contributed by atoms with Crippen LogP contribution in [0.2, 0.25) is 18.1 Å². The Hall–Kier alpha value is -1.83. The van der Waals surface area contributed by atoms with E-state index in [0.717, 1.165) is 18.6 Å². The number of rotatable bonds is 14. The molecule has 0 amide bonds. The van der Waals surface area contributed by atoms with Crippen molar-refractivity contribution in [2.45, 2.75) is 110 Å². The second kappa shape index (κ2) is 13.1. The van der Waals surface area contributed by atoms with Gasteiger partial charge in [-0.3, -0.25) is 0 Å². The molecule has 0 fully saturated rings. The van der Waals surface area contributed by atoms with Crippen molar-refractivity contribution in [1.82, 2.24) is 5.32 Å². The van der Waals surface area contributed by atoms with Gasteiger partial charge in [-0.2, -0.15) is 0 Å². The number of benzene rings is 1. The van der Waals surface area contributed by atoms with Gasteiger partial charge in [0.15, 0.2) is 8.32 Å². The minimum absolute atomic E-state index is 0.00745. The first-order chi connectivity index (χ1) is 16.8. The molecule has 1 aliphatic carbocycles. The van der Waals surface area contributed by atoms with Crippen LogP contribution in [-0.4, -0.2) is 39.7 Å². The summed E-state index contributed by atoms with van der Waals surface area (Å²) in [6.07, 6.45) is 3.27. The van der Waals surface area contributed by atoms with Crippen LogP contribution < -0.4 is 10.1 Å². The summed E-state index contributed by atoms with van der Waals surface area (Å²) in [5.41, 5.74) is 11.7. The Labute approximate surface area is 219 Å². The molecule has 4 atom stereocenters. The molecule has 1 aliphatic rings. The molecule has 0 aliphatic heterocycles. The second-order valence-corrected chi connectivity index (χ2v) is 16.8. The van der Waals surface area contributed by atoms with Gasteiger partial charge in [-0.1, -0.05) is 51.9 Å². The van der Waals surface area contributed by atoms with Gasteiger partial charge in [0.25, 0.3) is 0 Å². The largest absolute Gasteiger partial charge is 0.491 e. The Bertz CT molecular complexity index is 907. The SMILES string of the molecule is C=CCO[C@@H]1C[C@H](NC[C@@H](O[Si](C)(C)C(C)(C)C)[C@H](CC(C)C)N=[N+]=[N-])c2cc(OC(C)C)ccc21. The lowest BCUT2D eigenvalue weighted by molar-refractivity contribution is 0.0679. The molecule has 0 saturated heterocycles. The molecule has 7 nitrogen and oxygen atoms in total. The Balaban J connectivity index is 2.34. The normalized spacial score (nSPS) is 19.6. The van der Waals surface area contributed by atoms with Gasteiger partial charge in [-0.05, 0) is 79.5 Å². The third-order valence-electron chi connectivity index (χ3n) is 7.18. The smallest absolute Gasteiger partial charge is 0.192 e. The van der Waals surface area contributed by atoms with Crippen LogP contribution in [0.3, 0.4) is 0 Å². The molecule has 0 radical (unpaired) electrons. The van der Waals surface area contributed by atoms with Crippen molar-refractivity contribution in [3.63, 3.8) is 0 Å². The Morgan fingerprint density at radius 1 is 1.22 bits per heavy atom. The number of hydrogen-bond acceptors (Lipinski definition) is 5. The third kappa shape index (κ3) is 8.35. The van der Waals surface area contributed by atoms with E-state index in [0.29, 0.717) is 19.1 Å². The lowest BCUT2D eigenvalue weighted by Crippen LogP contribution is -2.50. The zero-order valence-corrected chi connectivity index (χ0v) is 24.9. The quantitative estimate of drug-likeness (QED) is 0.0895. The van der Waals surface area contributed by atoms with Gasteiger partial charge in [0, 0.05) is 17.5 Å². The fraction of sp³-hybridized carbons (Fsp3) is 0.714. The minimum Gasteiger partial charge on any atom is -0.491 e. The summed E-state index contributed by atoms with van der Waals surface area (Å²) in [5, 5.41) is 8.02. The molecule has 1 N–H and O–H groups in total. The lowest BCUT2D eigenvalue weighted by Gasteiger charge is -2.41. The molecule has 0 heterocycles. The van der Waals surface area contributed by atoms with Crippen molar-refractivity contribution < 1.29 is 13.9 Å². The molecule has 1 aromatic rings. The zero-order valence-electron chi connectivity index (χ0n) is 23.9. The fourth-order valence-electron chi connectivity index (χ4n) is 4.39. The van der Waals surface area contributed by atoms with Gasteiger partial charge in [0.05, 0.1) is 31.0 Å². The van der Waals surface area contributed by atoms with E-state index < -0.39 is 8.32 Å². The van der Waals surface area contributed by atoms with Crippen molar-refractivity contribution in [2.24, 2.45) is 11.0 Å². The third-order valence-corrected chi connectivity index (χ3v) is 11.7.